The van der Waals surface area contributed by atoms with Crippen LogP contribution in [0.15, 0.2) is 72.4 Å². The molecule has 0 aromatic heterocycles. The number of hydrogen-bond acceptors (Lipinski definition) is 3. The van der Waals surface area contributed by atoms with Crippen molar-refractivity contribution in [3.05, 3.63) is 105 Å². The maximum Gasteiger partial charge on any atom is 0.278 e. The highest BCUT2D eigenvalue weighted by molar-refractivity contribution is 6.41. The third-order valence-corrected chi connectivity index (χ3v) is 5.75. The molecule has 1 N–H and O–H groups in total. The fraction of sp³-hybridized carbons (Fsp3) is 0.120. The molecule has 4 rings (SSSR count). The smallest absolute Gasteiger partial charge is 0.278 e. The van der Waals surface area contributed by atoms with Crippen LogP contribution in [0, 0.1) is 13.8 Å². The molecule has 1 heterocycles. The van der Waals surface area contributed by atoms with Gasteiger partial charge in [-0.2, -0.15) is 0 Å². The molecule has 31 heavy (non-hydrogen) atoms. The molecule has 0 saturated heterocycles. The molecular formula is C25H20Cl2N2O2. The quantitative estimate of drug-likeness (QED) is 0.484. The Morgan fingerprint density at radius 2 is 1.61 bits per heavy atom. The molecule has 0 unspecified atom stereocenters. The number of halogens is 2. The molecule has 156 valence electrons. The van der Waals surface area contributed by atoms with Crippen LogP contribution in [0.4, 0.5) is 5.69 Å². The lowest BCUT2D eigenvalue weighted by Crippen LogP contribution is -2.32. The predicted molar refractivity (Wildman–Crippen MR) is 125 cm³/mol. The minimum Gasteiger partial charge on any atom is -0.350 e. The van der Waals surface area contributed by atoms with Gasteiger partial charge in [-0.15, -0.1) is 0 Å². The summed E-state index contributed by atoms with van der Waals surface area (Å²) in [6, 6.07) is 20.2. The van der Waals surface area contributed by atoms with Crippen LogP contribution in [-0.4, -0.2) is 16.7 Å². The van der Waals surface area contributed by atoms with E-state index in [-0.39, 0.29) is 17.8 Å². The summed E-state index contributed by atoms with van der Waals surface area (Å²) >= 11 is 12.5. The zero-order valence-electron chi connectivity index (χ0n) is 17.1. The number of rotatable bonds is 5. The molecule has 0 radical (unpaired) electrons. The van der Waals surface area contributed by atoms with Crippen LogP contribution in [0.5, 0.6) is 0 Å². The zero-order valence-corrected chi connectivity index (χ0v) is 18.6. The van der Waals surface area contributed by atoms with Gasteiger partial charge in [0.15, 0.2) is 0 Å². The highest BCUT2D eigenvalue weighted by atomic mass is 35.5. The van der Waals surface area contributed by atoms with E-state index in [1.807, 2.05) is 62.4 Å². The minimum absolute atomic E-state index is 0.172. The summed E-state index contributed by atoms with van der Waals surface area (Å²) in [5.41, 5.74) is 4.54. The van der Waals surface area contributed by atoms with Crippen molar-refractivity contribution in [1.29, 1.82) is 0 Å². The molecule has 0 atom stereocenters. The van der Waals surface area contributed by atoms with Gasteiger partial charge in [0.2, 0.25) is 0 Å². The van der Waals surface area contributed by atoms with Gasteiger partial charge >= 0.3 is 0 Å². The highest BCUT2D eigenvalue weighted by Gasteiger charge is 2.40. The van der Waals surface area contributed by atoms with Crippen LogP contribution < -0.4 is 5.32 Å². The molecule has 0 spiro atoms. The molecule has 0 fully saturated rings. The second kappa shape index (κ2) is 8.58. The van der Waals surface area contributed by atoms with Crippen molar-refractivity contribution in [2.75, 3.05) is 5.32 Å². The van der Waals surface area contributed by atoms with E-state index < -0.39 is 11.8 Å². The standard InChI is InChI=1S/C25H20Cl2N2O2/c1-15-8-9-16(2)21(12-15)28-23-22(19-11-10-18(26)13-20(19)27)24(30)29(25(23)31)14-17-6-4-3-5-7-17/h3-13,28H,14H2,1-2H3. The van der Waals surface area contributed by atoms with E-state index >= 15 is 0 Å². The Morgan fingerprint density at radius 1 is 0.871 bits per heavy atom. The first-order valence-electron chi connectivity index (χ1n) is 9.79. The van der Waals surface area contributed by atoms with Crippen molar-refractivity contribution in [2.24, 2.45) is 0 Å². The number of aryl methyl sites for hydroxylation is 2. The largest absolute Gasteiger partial charge is 0.350 e. The second-order valence-corrected chi connectivity index (χ2v) is 8.34. The Balaban J connectivity index is 1.81. The number of carbonyl (C=O) groups excluding carboxylic acids is 2. The van der Waals surface area contributed by atoms with Crippen LogP contribution in [0.1, 0.15) is 22.3 Å². The molecule has 0 aliphatic carbocycles. The van der Waals surface area contributed by atoms with E-state index in [2.05, 4.69) is 5.32 Å². The summed E-state index contributed by atoms with van der Waals surface area (Å²) in [4.78, 5) is 28.1. The molecule has 0 bridgehead atoms. The summed E-state index contributed by atoms with van der Waals surface area (Å²) in [5.74, 6) is -0.790. The summed E-state index contributed by atoms with van der Waals surface area (Å²) in [6.07, 6.45) is 0. The number of amides is 2. The number of nitrogens with zero attached hydrogens (tertiary/aromatic N) is 1. The average molecular weight is 451 g/mol. The second-order valence-electron chi connectivity index (χ2n) is 7.50. The Morgan fingerprint density at radius 3 is 2.32 bits per heavy atom. The van der Waals surface area contributed by atoms with Crippen LogP contribution in [0.2, 0.25) is 10.0 Å². The third-order valence-electron chi connectivity index (χ3n) is 5.20. The van der Waals surface area contributed by atoms with Gasteiger partial charge in [0, 0.05) is 16.3 Å². The molecule has 1 aliphatic rings. The van der Waals surface area contributed by atoms with Gasteiger partial charge in [0.1, 0.15) is 5.70 Å². The Bertz CT molecular complexity index is 1220. The van der Waals surface area contributed by atoms with Gasteiger partial charge in [-0.1, -0.05) is 71.7 Å². The van der Waals surface area contributed by atoms with Gasteiger partial charge in [-0.05, 0) is 48.7 Å². The average Bonchev–Trinajstić information content (AvgIpc) is 2.96. The lowest BCUT2D eigenvalue weighted by atomic mass is 10.0. The summed E-state index contributed by atoms with van der Waals surface area (Å²) in [7, 11) is 0. The summed E-state index contributed by atoms with van der Waals surface area (Å²) in [5, 5.41) is 3.98. The topological polar surface area (TPSA) is 49.4 Å². The van der Waals surface area contributed by atoms with E-state index in [0.29, 0.717) is 15.6 Å². The van der Waals surface area contributed by atoms with Gasteiger partial charge in [-0.3, -0.25) is 14.5 Å². The third kappa shape index (κ3) is 4.22. The first-order valence-corrected chi connectivity index (χ1v) is 10.5. The minimum atomic E-state index is -0.397. The Labute approximate surface area is 191 Å². The number of hydrogen-bond donors (Lipinski definition) is 1. The predicted octanol–water partition coefficient (Wildman–Crippen LogP) is 6.00. The first kappa shape index (κ1) is 21.2. The molecule has 3 aromatic rings. The monoisotopic (exact) mass is 450 g/mol. The van der Waals surface area contributed by atoms with E-state index in [4.69, 9.17) is 23.2 Å². The van der Waals surface area contributed by atoms with E-state index in [9.17, 15) is 9.59 Å². The fourth-order valence-electron chi connectivity index (χ4n) is 3.55. The fourth-order valence-corrected chi connectivity index (χ4v) is 4.05. The van der Waals surface area contributed by atoms with Crippen LogP contribution in [0.25, 0.3) is 5.57 Å². The lowest BCUT2D eigenvalue weighted by Gasteiger charge is -2.16. The molecule has 0 saturated carbocycles. The molecule has 4 nitrogen and oxygen atoms in total. The van der Waals surface area contributed by atoms with Gasteiger partial charge in [0.05, 0.1) is 17.1 Å². The Hall–Kier alpha value is -3.08. The molecule has 1 aliphatic heterocycles. The maximum absolute atomic E-state index is 13.4. The van der Waals surface area contributed by atoms with Crippen LogP contribution in [0.3, 0.4) is 0 Å². The summed E-state index contributed by atoms with van der Waals surface area (Å²) < 4.78 is 0. The molecule has 2 amide bonds. The highest BCUT2D eigenvalue weighted by Crippen LogP contribution is 2.36. The van der Waals surface area contributed by atoms with Crippen molar-refractivity contribution in [3.63, 3.8) is 0 Å². The van der Waals surface area contributed by atoms with Gasteiger partial charge < -0.3 is 5.32 Å². The molecule has 6 heteroatoms. The van der Waals surface area contributed by atoms with Crippen molar-refractivity contribution in [3.8, 4) is 0 Å². The van der Waals surface area contributed by atoms with Crippen molar-refractivity contribution in [1.82, 2.24) is 4.90 Å². The van der Waals surface area contributed by atoms with Crippen LogP contribution in [-0.2, 0) is 16.1 Å². The number of anilines is 1. The first-order chi connectivity index (χ1) is 14.8. The van der Waals surface area contributed by atoms with E-state index in [1.54, 1.807) is 18.2 Å². The number of carbonyl (C=O) groups is 2. The van der Waals surface area contributed by atoms with Crippen molar-refractivity contribution in [2.45, 2.75) is 20.4 Å². The van der Waals surface area contributed by atoms with Gasteiger partial charge in [-0.25, -0.2) is 0 Å². The normalized spacial score (nSPS) is 13.9. The van der Waals surface area contributed by atoms with E-state index in [1.165, 1.54) is 4.90 Å². The van der Waals surface area contributed by atoms with Gasteiger partial charge in [0.25, 0.3) is 11.8 Å². The molecule has 3 aromatic carbocycles. The Kier molecular flexibility index (Phi) is 5.86. The van der Waals surface area contributed by atoms with Crippen LogP contribution >= 0.6 is 23.2 Å². The number of imide groups is 1. The molecular weight excluding hydrogens is 431 g/mol. The van der Waals surface area contributed by atoms with Crippen molar-refractivity contribution < 1.29 is 9.59 Å². The number of benzene rings is 3. The number of nitrogens with one attached hydrogen (secondary N) is 1. The van der Waals surface area contributed by atoms with E-state index in [0.717, 1.165) is 22.4 Å². The lowest BCUT2D eigenvalue weighted by molar-refractivity contribution is -0.137. The maximum atomic E-state index is 13.4. The van der Waals surface area contributed by atoms with Crippen molar-refractivity contribution >= 4 is 46.3 Å². The summed E-state index contributed by atoms with van der Waals surface area (Å²) in [6.45, 7) is 4.09. The SMILES string of the molecule is Cc1ccc(C)c(NC2=C(c3ccc(Cl)cc3Cl)C(=O)N(Cc3ccccc3)C2=O)c1. The zero-order chi connectivity index (χ0) is 22.1.